The Labute approximate surface area is 106 Å². The van der Waals surface area contributed by atoms with Gasteiger partial charge in [0.25, 0.3) is 0 Å². The molecular formula is C13H14ClN3. The first-order chi connectivity index (χ1) is 8.06. The molecule has 0 aliphatic rings. The molecule has 2 rings (SSSR count). The number of hydrogen-bond donors (Lipinski definition) is 0. The van der Waals surface area contributed by atoms with E-state index in [-0.39, 0.29) is 5.92 Å². The van der Waals surface area contributed by atoms with Gasteiger partial charge >= 0.3 is 0 Å². The van der Waals surface area contributed by atoms with Crippen LogP contribution in [0.4, 0.5) is 0 Å². The van der Waals surface area contributed by atoms with Crippen LogP contribution in [0.15, 0.2) is 24.4 Å². The van der Waals surface area contributed by atoms with Crippen LogP contribution in [-0.4, -0.2) is 15.0 Å². The van der Waals surface area contributed by atoms with Crippen LogP contribution in [0, 0.1) is 6.92 Å². The molecule has 0 spiro atoms. The largest absolute Gasteiger partial charge is 0.262 e. The van der Waals surface area contributed by atoms with E-state index in [2.05, 4.69) is 15.0 Å². The van der Waals surface area contributed by atoms with Crippen LogP contribution in [0.1, 0.15) is 31.3 Å². The lowest BCUT2D eigenvalue weighted by molar-refractivity contribution is 0.776. The molecule has 0 aliphatic carbocycles. The molecule has 0 bridgehead atoms. The SMILES string of the molecule is Cc1cc(-c2cc(Cl)nc(C(C)C)n2)ccn1. The Morgan fingerprint density at radius 1 is 1.18 bits per heavy atom. The molecule has 0 N–H and O–H groups in total. The smallest absolute Gasteiger partial charge is 0.133 e. The van der Waals surface area contributed by atoms with E-state index in [4.69, 9.17) is 11.6 Å². The minimum absolute atomic E-state index is 0.260. The Hall–Kier alpha value is -1.48. The van der Waals surface area contributed by atoms with E-state index in [1.807, 2.05) is 32.9 Å². The van der Waals surface area contributed by atoms with Gasteiger partial charge in [-0.2, -0.15) is 0 Å². The van der Waals surface area contributed by atoms with Crippen molar-refractivity contribution in [3.8, 4) is 11.3 Å². The third kappa shape index (κ3) is 2.80. The summed E-state index contributed by atoms with van der Waals surface area (Å²) in [4.78, 5) is 12.9. The highest BCUT2D eigenvalue weighted by atomic mass is 35.5. The molecule has 0 fully saturated rings. The maximum Gasteiger partial charge on any atom is 0.133 e. The van der Waals surface area contributed by atoms with Crippen LogP contribution < -0.4 is 0 Å². The highest BCUT2D eigenvalue weighted by Crippen LogP contribution is 2.22. The lowest BCUT2D eigenvalue weighted by atomic mass is 10.1. The molecule has 3 nitrogen and oxygen atoms in total. The Morgan fingerprint density at radius 3 is 2.59 bits per heavy atom. The number of nitrogens with zero attached hydrogens (tertiary/aromatic N) is 3. The topological polar surface area (TPSA) is 38.7 Å². The summed E-state index contributed by atoms with van der Waals surface area (Å²) in [5, 5.41) is 0.480. The van der Waals surface area contributed by atoms with Crippen LogP contribution in [0.25, 0.3) is 11.3 Å². The van der Waals surface area contributed by atoms with Crippen LogP contribution in [0.5, 0.6) is 0 Å². The van der Waals surface area contributed by atoms with Crippen molar-refractivity contribution < 1.29 is 0 Å². The first-order valence-electron chi connectivity index (χ1n) is 5.54. The summed E-state index contributed by atoms with van der Waals surface area (Å²) >= 11 is 6.02. The van der Waals surface area contributed by atoms with Crippen LogP contribution in [-0.2, 0) is 0 Å². The second kappa shape index (κ2) is 4.80. The van der Waals surface area contributed by atoms with Gasteiger partial charge in [-0.3, -0.25) is 4.98 Å². The highest BCUT2D eigenvalue weighted by molar-refractivity contribution is 6.29. The molecule has 0 amide bonds. The fourth-order valence-corrected chi connectivity index (χ4v) is 1.74. The number of pyridine rings is 1. The van der Waals surface area contributed by atoms with E-state index in [1.54, 1.807) is 12.3 Å². The average Bonchev–Trinajstić information content (AvgIpc) is 2.28. The first-order valence-corrected chi connectivity index (χ1v) is 5.91. The Morgan fingerprint density at radius 2 is 1.94 bits per heavy atom. The fourth-order valence-electron chi connectivity index (χ4n) is 1.55. The van der Waals surface area contributed by atoms with Gasteiger partial charge < -0.3 is 0 Å². The van der Waals surface area contributed by atoms with E-state index in [9.17, 15) is 0 Å². The van der Waals surface area contributed by atoms with Gasteiger partial charge in [-0.05, 0) is 19.1 Å². The van der Waals surface area contributed by atoms with Crippen molar-refractivity contribution in [3.05, 3.63) is 41.1 Å². The van der Waals surface area contributed by atoms with E-state index in [1.165, 1.54) is 0 Å². The van der Waals surface area contributed by atoms with Crippen molar-refractivity contribution >= 4 is 11.6 Å². The summed E-state index contributed by atoms with van der Waals surface area (Å²) in [6, 6.07) is 5.70. The zero-order valence-corrected chi connectivity index (χ0v) is 10.9. The minimum atomic E-state index is 0.260. The molecule has 2 aromatic rings. The Balaban J connectivity index is 2.52. The fraction of sp³-hybridized carbons (Fsp3) is 0.308. The molecule has 17 heavy (non-hydrogen) atoms. The van der Waals surface area contributed by atoms with Gasteiger partial charge in [0, 0.05) is 29.4 Å². The lowest BCUT2D eigenvalue weighted by Gasteiger charge is -2.07. The molecule has 0 saturated heterocycles. The second-order valence-electron chi connectivity index (χ2n) is 4.27. The Bertz CT molecular complexity index is 538. The molecule has 0 aliphatic heterocycles. The van der Waals surface area contributed by atoms with Gasteiger partial charge in [0.1, 0.15) is 11.0 Å². The predicted molar refractivity (Wildman–Crippen MR) is 69.1 cm³/mol. The molecule has 0 saturated carbocycles. The van der Waals surface area contributed by atoms with Gasteiger partial charge in [0.05, 0.1) is 5.69 Å². The monoisotopic (exact) mass is 247 g/mol. The average molecular weight is 248 g/mol. The lowest BCUT2D eigenvalue weighted by Crippen LogP contribution is -1.99. The van der Waals surface area contributed by atoms with Gasteiger partial charge in [0.15, 0.2) is 0 Å². The van der Waals surface area contributed by atoms with Crippen molar-refractivity contribution in [2.45, 2.75) is 26.7 Å². The maximum atomic E-state index is 6.02. The van der Waals surface area contributed by atoms with Gasteiger partial charge in [-0.15, -0.1) is 0 Å². The van der Waals surface area contributed by atoms with E-state index >= 15 is 0 Å². The number of aromatic nitrogens is 3. The van der Waals surface area contributed by atoms with Crippen molar-refractivity contribution in [2.75, 3.05) is 0 Å². The van der Waals surface area contributed by atoms with Crippen LogP contribution in [0.2, 0.25) is 5.15 Å². The van der Waals surface area contributed by atoms with Crippen molar-refractivity contribution in [1.29, 1.82) is 0 Å². The summed E-state index contributed by atoms with van der Waals surface area (Å²) in [6.45, 7) is 6.05. The second-order valence-corrected chi connectivity index (χ2v) is 4.66. The summed E-state index contributed by atoms with van der Waals surface area (Å²) in [6.07, 6.45) is 1.77. The summed E-state index contributed by atoms with van der Waals surface area (Å²) in [5.74, 6) is 1.03. The quantitative estimate of drug-likeness (QED) is 0.761. The zero-order valence-electron chi connectivity index (χ0n) is 10.1. The van der Waals surface area contributed by atoms with Gasteiger partial charge in [-0.1, -0.05) is 25.4 Å². The first kappa shape index (κ1) is 12.0. The van der Waals surface area contributed by atoms with E-state index in [0.29, 0.717) is 5.15 Å². The van der Waals surface area contributed by atoms with Gasteiger partial charge in [-0.25, -0.2) is 9.97 Å². The van der Waals surface area contributed by atoms with Crippen molar-refractivity contribution in [1.82, 2.24) is 15.0 Å². The predicted octanol–water partition coefficient (Wildman–Crippen LogP) is 3.62. The van der Waals surface area contributed by atoms with Crippen LogP contribution in [0.3, 0.4) is 0 Å². The van der Waals surface area contributed by atoms with Crippen LogP contribution >= 0.6 is 11.6 Å². The normalized spacial score (nSPS) is 10.9. The molecule has 2 heterocycles. The molecule has 2 aromatic heterocycles. The number of hydrogen-bond acceptors (Lipinski definition) is 3. The molecular weight excluding hydrogens is 234 g/mol. The molecule has 0 unspecified atom stereocenters. The molecule has 88 valence electrons. The zero-order chi connectivity index (χ0) is 12.4. The van der Waals surface area contributed by atoms with Crippen molar-refractivity contribution in [3.63, 3.8) is 0 Å². The number of rotatable bonds is 2. The third-order valence-electron chi connectivity index (χ3n) is 2.42. The highest BCUT2D eigenvalue weighted by Gasteiger charge is 2.08. The molecule has 0 radical (unpaired) electrons. The summed E-state index contributed by atoms with van der Waals surface area (Å²) < 4.78 is 0. The summed E-state index contributed by atoms with van der Waals surface area (Å²) in [7, 11) is 0. The molecule has 0 aromatic carbocycles. The minimum Gasteiger partial charge on any atom is -0.262 e. The maximum absolute atomic E-state index is 6.02. The standard InChI is InChI=1S/C13H14ClN3/c1-8(2)13-16-11(7-12(14)17-13)10-4-5-15-9(3)6-10/h4-8H,1-3H3. The Kier molecular flexibility index (Phi) is 3.38. The van der Waals surface area contributed by atoms with Gasteiger partial charge in [0.2, 0.25) is 0 Å². The summed E-state index contributed by atoms with van der Waals surface area (Å²) in [5.41, 5.74) is 2.83. The third-order valence-corrected chi connectivity index (χ3v) is 2.61. The molecule has 4 heteroatoms. The van der Waals surface area contributed by atoms with E-state index < -0.39 is 0 Å². The number of halogens is 1. The van der Waals surface area contributed by atoms with E-state index in [0.717, 1.165) is 22.8 Å². The molecule has 0 atom stereocenters. The van der Waals surface area contributed by atoms with Crippen molar-refractivity contribution in [2.24, 2.45) is 0 Å². The number of aryl methyl sites for hydroxylation is 1.